The van der Waals surface area contributed by atoms with Crippen LogP contribution in [0.3, 0.4) is 0 Å². The molecule has 1 aromatic carbocycles. The molecule has 4 nitrogen and oxygen atoms in total. The van der Waals surface area contributed by atoms with E-state index in [9.17, 15) is 8.42 Å². The van der Waals surface area contributed by atoms with Crippen LogP contribution in [0.4, 0.5) is 0 Å². The lowest BCUT2D eigenvalue weighted by Crippen LogP contribution is -2.29. The second-order valence-corrected chi connectivity index (χ2v) is 8.40. The summed E-state index contributed by atoms with van der Waals surface area (Å²) in [7, 11) is -1.57. The van der Waals surface area contributed by atoms with Gasteiger partial charge in [-0.15, -0.1) is 0 Å². The number of halogens is 1. The van der Waals surface area contributed by atoms with Crippen molar-refractivity contribution in [1.29, 1.82) is 0 Å². The number of nitrogens with zero attached hydrogens (tertiary/aromatic N) is 1. The highest BCUT2D eigenvalue weighted by molar-refractivity contribution is 7.89. The highest BCUT2D eigenvalue weighted by Crippen LogP contribution is 2.40. The number of nitrogens with one attached hydrogen (secondary N) is 1. The lowest BCUT2D eigenvalue weighted by molar-refractivity contribution is 0.445. The van der Waals surface area contributed by atoms with Gasteiger partial charge in [0.25, 0.3) is 0 Å². The minimum atomic E-state index is -3.41. The van der Waals surface area contributed by atoms with Crippen molar-refractivity contribution >= 4 is 21.6 Å². The van der Waals surface area contributed by atoms with Gasteiger partial charge >= 0.3 is 0 Å². The first kappa shape index (κ1) is 15.3. The summed E-state index contributed by atoms with van der Waals surface area (Å²) in [5, 5.41) is 3.53. The van der Waals surface area contributed by atoms with Gasteiger partial charge in [-0.1, -0.05) is 24.1 Å². The number of hydrogen-bond acceptors (Lipinski definition) is 3. The van der Waals surface area contributed by atoms with Crippen LogP contribution in [-0.2, 0) is 16.6 Å². The third-order valence-corrected chi connectivity index (χ3v) is 6.90. The van der Waals surface area contributed by atoms with Crippen LogP contribution in [-0.4, -0.2) is 32.9 Å². The van der Waals surface area contributed by atoms with Gasteiger partial charge in [-0.05, 0) is 49.4 Å². The second-order valence-electron chi connectivity index (χ2n) is 6.06. The minimum Gasteiger partial charge on any atom is -0.316 e. The quantitative estimate of drug-likeness (QED) is 0.923. The summed E-state index contributed by atoms with van der Waals surface area (Å²) in [6, 6.07) is 5.04. The maximum absolute atomic E-state index is 12.7. The highest BCUT2D eigenvalue weighted by atomic mass is 35.5. The van der Waals surface area contributed by atoms with E-state index in [-0.39, 0.29) is 0 Å². The number of fused-ring (bicyclic) bond motifs is 1. The molecule has 0 aromatic heterocycles. The van der Waals surface area contributed by atoms with Gasteiger partial charge in [-0.3, -0.25) is 0 Å². The molecule has 0 spiro atoms. The van der Waals surface area contributed by atoms with Crippen LogP contribution in [0.25, 0.3) is 0 Å². The van der Waals surface area contributed by atoms with Crippen molar-refractivity contribution in [3.05, 3.63) is 28.8 Å². The van der Waals surface area contributed by atoms with Crippen molar-refractivity contribution in [2.24, 2.45) is 11.8 Å². The first-order valence-corrected chi connectivity index (χ1v) is 9.27. The maximum Gasteiger partial charge on any atom is 0.243 e. The molecule has 2 unspecified atom stereocenters. The third kappa shape index (κ3) is 2.84. The van der Waals surface area contributed by atoms with Crippen molar-refractivity contribution in [1.82, 2.24) is 9.62 Å². The van der Waals surface area contributed by atoms with Crippen molar-refractivity contribution in [3.63, 3.8) is 0 Å². The molecule has 0 radical (unpaired) electrons. The zero-order chi connectivity index (χ0) is 15.0. The first-order valence-electron chi connectivity index (χ1n) is 7.45. The Morgan fingerprint density at radius 1 is 1.29 bits per heavy atom. The Kier molecular flexibility index (Phi) is 4.28. The number of rotatable bonds is 4. The Hall–Kier alpha value is -0.620. The smallest absolute Gasteiger partial charge is 0.243 e. The highest BCUT2D eigenvalue weighted by Gasteiger charge is 2.41. The van der Waals surface area contributed by atoms with Crippen LogP contribution in [0, 0.1) is 11.8 Å². The third-order valence-electron chi connectivity index (χ3n) is 4.72. The zero-order valence-electron chi connectivity index (χ0n) is 12.2. The summed E-state index contributed by atoms with van der Waals surface area (Å²) in [4.78, 5) is 0.312. The van der Waals surface area contributed by atoms with E-state index < -0.39 is 10.0 Å². The summed E-state index contributed by atoms with van der Waals surface area (Å²) in [5.74, 6) is 1.11. The van der Waals surface area contributed by atoms with Gasteiger partial charge in [0.2, 0.25) is 10.0 Å². The number of benzene rings is 1. The fraction of sp³-hybridized carbons (Fsp3) is 0.600. The summed E-state index contributed by atoms with van der Waals surface area (Å²) in [5.41, 5.74) is 0.913. The summed E-state index contributed by atoms with van der Waals surface area (Å²) in [6.45, 7) is 1.97. The Bertz CT molecular complexity index is 621. The first-order chi connectivity index (χ1) is 10.0. The Labute approximate surface area is 131 Å². The van der Waals surface area contributed by atoms with E-state index in [2.05, 4.69) is 5.32 Å². The number of hydrogen-bond donors (Lipinski definition) is 1. The van der Waals surface area contributed by atoms with Crippen molar-refractivity contribution < 1.29 is 8.42 Å². The van der Waals surface area contributed by atoms with E-state index in [0.717, 1.165) is 5.56 Å². The summed E-state index contributed by atoms with van der Waals surface area (Å²) in [6.07, 6.45) is 3.57. The fourth-order valence-corrected chi connectivity index (χ4v) is 5.45. The van der Waals surface area contributed by atoms with Gasteiger partial charge in [-0.2, -0.15) is 4.31 Å². The molecular formula is C15H21ClN2O2S. The van der Waals surface area contributed by atoms with Crippen LogP contribution in [0.2, 0.25) is 5.02 Å². The van der Waals surface area contributed by atoms with Crippen LogP contribution in [0.15, 0.2) is 23.1 Å². The largest absolute Gasteiger partial charge is 0.316 e. The van der Waals surface area contributed by atoms with E-state index in [0.29, 0.717) is 41.4 Å². The fourth-order valence-electron chi connectivity index (χ4n) is 3.56. The minimum absolute atomic E-state index is 0.312. The lowest BCUT2D eigenvalue weighted by atomic mass is 10.0. The molecule has 0 amide bonds. The van der Waals surface area contributed by atoms with Gasteiger partial charge < -0.3 is 5.32 Å². The molecule has 21 heavy (non-hydrogen) atoms. The van der Waals surface area contributed by atoms with Gasteiger partial charge in [0.05, 0.1) is 4.90 Å². The molecule has 1 saturated carbocycles. The molecule has 1 saturated heterocycles. The van der Waals surface area contributed by atoms with Crippen LogP contribution in [0.5, 0.6) is 0 Å². The molecule has 3 rings (SSSR count). The van der Waals surface area contributed by atoms with Crippen LogP contribution in [0.1, 0.15) is 24.8 Å². The van der Waals surface area contributed by atoms with E-state index in [1.165, 1.54) is 19.3 Å². The predicted molar refractivity (Wildman–Crippen MR) is 83.8 cm³/mol. The van der Waals surface area contributed by atoms with Gasteiger partial charge in [0, 0.05) is 24.7 Å². The summed E-state index contributed by atoms with van der Waals surface area (Å²) >= 11 is 6.19. The van der Waals surface area contributed by atoms with E-state index in [4.69, 9.17) is 11.6 Å². The van der Waals surface area contributed by atoms with Gasteiger partial charge in [0.1, 0.15) is 0 Å². The molecule has 1 N–H and O–H groups in total. The molecule has 6 heteroatoms. The van der Waals surface area contributed by atoms with Crippen molar-refractivity contribution in [2.75, 3.05) is 20.1 Å². The van der Waals surface area contributed by atoms with Gasteiger partial charge in [0.15, 0.2) is 0 Å². The van der Waals surface area contributed by atoms with Gasteiger partial charge in [-0.25, -0.2) is 8.42 Å². The second kappa shape index (κ2) is 5.88. The van der Waals surface area contributed by atoms with E-state index >= 15 is 0 Å². The van der Waals surface area contributed by atoms with Crippen LogP contribution < -0.4 is 5.32 Å². The Balaban J connectivity index is 1.83. The van der Waals surface area contributed by atoms with Crippen LogP contribution >= 0.6 is 11.6 Å². The molecule has 1 aliphatic carbocycles. The maximum atomic E-state index is 12.7. The van der Waals surface area contributed by atoms with Crippen molar-refractivity contribution in [2.45, 2.75) is 30.7 Å². The van der Waals surface area contributed by atoms with E-state index in [1.807, 2.05) is 7.05 Å². The van der Waals surface area contributed by atoms with E-state index in [1.54, 1.807) is 22.5 Å². The standard InChI is InChI=1S/C15H21ClN2O2S/c1-17-8-11-5-6-14(7-15(11)16)21(19,20)18-9-12-3-2-4-13(12)10-18/h5-7,12-13,17H,2-4,8-10H2,1H3. The topological polar surface area (TPSA) is 49.4 Å². The Morgan fingerprint density at radius 3 is 2.52 bits per heavy atom. The summed E-state index contributed by atoms with van der Waals surface area (Å²) < 4.78 is 27.1. The molecule has 1 heterocycles. The molecule has 116 valence electrons. The zero-order valence-corrected chi connectivity index (χ0v) is 13.8. The number of sulfonamides is 1. The molecule has 0 bridgehead atoms. The molecule has 2 fully saturated rings. The Morgan fingerprint density at radius 2 is 1.95 bits per heavy atom. The molecule has 1 aliphatic heterocycles. The molecular weight excluding hydrogens is 308 g/mol. The SMILES string of the molecule is CNCc1ccc(S(=O)(=O)N2CC3CCCC3C2)cc1Cl. The molecule has 1 aromatic rings. The molecule has 2 atom stereocenters. The predicted octanol–water partition coefficient (Wildman–Crippen LogP) is 2.48. The average molecular weight is 329 g/mol. The normalized spacial score (nSPS) is 26.2. The molecule has 2 aliphatic rings. The monoisotopic (exact) mass is 328 g/mol. The van der Waals surface area contributed by atoms with Crippen molar-refractivity contribution in [3.8, 4) is 0 Å². The average Bonchev–Trinajstić information content (AvgIpc) is 3.02. The lowest BCUT2D eigenvalue weighted by Gasteiger charge is -2.18.